The Labute approximate surface area is 114 Å². The van der Waals surface area contributed by atoms with Gasteiger partial charge < -0.3 is 4.74 Å². The molecule has 3 heteroatoms. The van der Waals surface area contributed by atoms with Crippen molar-refractivity contribution in [1.29, 1.82) is 0 Å². The molecule has 1 aliphatic heterocycles. The highest BCUT2D eigenvalue weighted by Crippen LogP contribution is 2.35. The fourth-order valence-electron chi connectivity index (χ4n) is 2.53. The summed E-state index contributed by atoms with van der Waals surface area (Å²) in [6.07, 6.45) is 0.937. The van der Waals surface area contributed by atoms with Crippen LogP contribution in [0.25, 0.3) is 0 Å². The second-order valence-corrected chi connectivity index (χ2v) is 5.60. The number of ether oxygens (including phenoxy) is 1. The van der Waals surface area contributed by atoms with E-state index in [0.29, 0.717) is 25.4 Å². The highest BCUT2D eigenvalue weighted by Gasteiger charge is 2.48. The van der Waals surface area contributed by atoms with E-state index in [4.69, 9.17) is 4.74 Å². The minimum absolute atomic E-state index is 0.0945. The van der Waals surface area contributed by atoms with Crippen molar-refractivity contribution in [2.24, 2.45) is 5.41 Å². The van der Waals surface area contributed by atoms with Crippen molar-refractivity contribution >= 4 is 11.8 Å². The third-order valence-electron chi connectivity index (χ3n) is 3.98. The minimum Gasteiger partial charge on any atom is -0.465 e. The van der Waals surface area contributed by atoms with Gasteiger partial charge in [-0.25, -0.2) is 0 Å². The van der Waals surface area contributed by atoms with E-state index in [0.717, 1.165) is 5.56 Å². The second-order valence-electron chi connectivity index (χ2n) is 5.60. The van der Waals surface area contributed by atoms with Gasteiger partial charge in [0.2, 0.25) is 0 Å². The van der Waals surface area contributed by atoms with E-state index < -0.39 is 5.41 Å². The van der Waals surface area contributed by atoms with Gasteiger partial charge in [-0.15, -0.1) is 0 Å². The molecule has 0 aromatic heterocycles. The van der Waals surface area contributed by atoms with Crippen LogP contribution in [0.5, 0.6) is 0 Å². The third kappa shape index (κ3) is 2.55. The molecule has 0 radical (unpaired) electrons. The molecule has 0 N–H and O–H groups in total. The SMILES string of the molecule is CC(=O)C1(Cc2ccc(C(C)C)cc2)CCOC1=O. The largest absolute Gasteiger partial charge is 0.465 e. The van der Waals surface area contributed by atoms with Gasteiger partial charge in [-0.05, 0) is 30.4 Å². The maximum Gasteiger partial charge on any atom is 0.320 e. The van der Waals surface area contributed by atoms with Gasteiger partial charge in [-0.2, -0.15) is 0 Å². The van der Waals surface area contributed by atoms with Gasteiger partial charge in [0.05, 0.1) is 6.61 Å². The van der Waals surface area contributed by atoms with Crippen LogP contribution in [-0.2, 0) is 20.7 Å². The van der Waals surface area contributed by atoms with Gasteiger partial charge in [0.1, 0.15) is 11.2 Å². The van der Waals surface area contributed by atoms with Crippen molar-refractivity contribution in [2.45, 2.75) is 39.5 Å². The minimum atomic E-state index is -0.959. The predicted octanol–water partition coefficient (Wildman–Crippen LogP) is 2.87. The molecule has 102 valence electrons. The third-order valence-corrected chi connectivity index (χ3v) is 3.98. The van der Waals surface area contributed by atoms with Crippen LogP contribution >= 0.6 is 0 Å². The lowest BCUT2D eigenvalue weighted by atomic mass is 9.77. The van der Waals surface area contributed by atoms with Gasteiger partial charge in [0.15, 0.2) is 0 Å². The number of hydrogen-bond donors (Lipinski definition) is 0. The molecule has 0 saturated carbocycles. The standard InChI is InChI=1S/C16H20O3/c1-11(2)14-6-4-13(5-7-14)10-16(12(3)17)8-9-19-15(16)18/h4-7,11H,8-10H2,1-3H3. The lowest BCUT2D eigenvalue weighted by Gasteiger charge is -2.21. The zero-order valence-electron chi connectivity index (χ0n) is 11.7. The Bertz CT molecular complexity index is 487. The first-order chi connectivity index (χ1) is 8.95. The molecule has 1 saturated heterocycles. The molecule has 1 heterocycles. The van der Waals surface area contributed by atoms with Crippen LogP contribution in [0.4, 0.5) is 0 Å². The molecular formula is C16H20O3. The summed E-state index contributed by atoms with van der Waals surface area (Å²) >= 11 is 0. The van der Waals surface area contributed by atoms with E-state index in [1.807, 2.05) is 12.1 Å². The lowest BCUT2D eigenvalue weighted by molar-refractivity contribution is -0.150. The van der Waals surface area contributed by atoms with Gasteiger partial charge >= 0.3 is 5.97 Å². The van der Waals surface area contributed by atoms with Crippen LogP contribution in [0.2, 0.25) is 0 Å². The topological polar surface area (TPSA) is 43.4 Å². The van der Waals surface area contributed by atoms with Crippen LogP contribution in [0, 0.1) is 5.41 Å². The molecule has 0 spiro atoms. The fourth-order valence-corrected chi connectivity index (χ4v) is 2.53. The normalized spacial score (nSPS) is 22.6. The molecule has 1 aromatic rings. The highest BCUT2D eigenvalue weighted by atomic mass is 16.5. The number of ketones is 1. The van der Waals surface area contributed by atoms with Gasteiger partial charge in [-0.3, -0.25) is 9.59 Å². The van der Waals surface area contributed by atoms with Gasteiger partial charge in [0, 0.05) is 6.42 Å². The maximum atomic E-state index is 11.9. The second kappa shape index (κ2) is 5.16. The molecule has 0 aliphatic carbocycles. The Hall–Kier alpha value is -1.64. The molecule has 1 aromatic carbocycles. The predicted molar refractivity (Wildman–Crippen MR) is 72.9 cm³/mol. The first-order valence-electron chi connectivity index (χ1n) is 6.73. The van der Waals surface area contributed by atoms with Gasteiger partial charge in [0.25, 0.3) is 0 Å². The first-order valence-corrected chi connectivity index (χ1v) is 6.73. The average Bonchev–Trinajstić information content (AvgIpc) is 2.73. The zero-order chi connectivity index (χ0) is 14.0. The van der Waals surface area contributed by atoms with E-state index in [1.165, 1.54) is 12.5 Å². The number of esters is 1. The number of rotatable bonds is 4. The van der Waals surface area contributed by atoms with E-state index >= 15 is 0 Å². The van der Waals surface area contributed by atoms with E-state index in [1.54, 1.807) is 0 Å². The summed E-state index contributed by atoms with van der Waals surface area (Å²) in [5, 5.41) is 0. The number of hydrogen-bond acceptors (Lipinski definition) is 3. The summed E-state index contributed by atoms with van der Waals surface area (Å²) in [4.78, 5) is 23.7. The molecule has 2 rings (SSSR count). The van der Waals surface area contributed by atoms with Crippen LogP contribution < -0.4 is 0 Å². The lowest BCUT2D eigenvalue weighted by Crippen LogP contribution is -2.36. The Kier molecular flexibility index (Phi) is 3.74. The number of carbonyl (C=O) groups is 2. The van der Waals surface area contributed by atoms with Crippen LogP contribution in [0.15, 0.2) is 24.3 Å². The number of cyclic esters (lactones) is 1. The molecule has 1 atom stereocenters. The number of Topliss-reactive ketones (excluding diaryl/α,β-unsaturated/α-hetero) is 1. The van der Waals surface area contributed by atoms with Crippen molar-refractivity contribution in [1.82, 2.24) is 0 Å². The van der Waals surface area contributed by atoms with Crippen LogP contribution in [-0.4, -0.2) is 18.4 Å². The summed E-state index contributed by atoms with van der Waals surface area (Å²) in [6.45, 7) is 6.11. The van der Waals surface area contributed by atoms with E-state index in [-0.39, 0.29) is 11.8 Å². The Balaban J connectivity index is 2.23. The zero-order valence-corrected chi connectivity index (χ0v) is 11.7. The van der Waals surface area contributed by atoms with E-state index in [2.05, 4.69) is 26.0 Å². The molecule has 1 aliphatic rings. The van der Waals surface area contributed by atoms with Crippen LogP contribution in [0.1, 0.15) is 44.2 Å². The summed E-state index contributed by atoms with van der Waals surface area (Å²) in [5.41, 5.74) is 1.31. The Morgan fingerprint density at radius 2 is 1.95 bits per heavy atom. The molecule has 0 amide bonds. The van der Waals surface area contributed by atoms with Crippen molar-refractivity contribution in [3.05, 3.63) is 35.4 Å². The summed E-state index contributed by atoms with van der Waals surface area (Å²) in [6, 6.07) is 8.14. The van der Waals surface area contributed by atoms with Gasteiger partial charge in [-0.1, -0.05) is 38.1 Å². The Morgan fingerprint density at radius 3 is 2.37 bits per heavy atom. The first kappa shape index (κ1) is 13.8. The van der Waals surface area contributed by atoms with Crippen molar-refractivity contribution in [2.75, 3.05) is 6.61 Å². The number of carbonyl (C=O) groups excluding carboxylic acids is 2. The summed E-state index contributed by atoms with van der Waals surface area (Å²) < 4.78 is 5.00. The quantitative estimate of drug-likeness (QED) is 0.617. The monoisotopic (exact) mass is 260 g/mol. The van der Waals surface area contributed by atoms with Crippen molar-refractivity contribution in [3.63, 3.8) is 0 Å². The summed E-state index contributed by atoms with van der Waals surface area (Å²) in [7, 11) is 0. The molecule has 1 fully saturated rings. The average molecular weight is 260 g/mol. The number of benzene rings is 1. The summed E-state index contributed by atoms with van der Waals surface area (Å²) in [5.74, 6) is 0.0168. The highest BCUT2D eigenvalue weighted by molar-refractivity contribution is 6.04. The Morgan fingerprint density at radius 1 is 1.32 bits per heavy atom. The van der Waals surface area contributed by atoms with Crippen LogP contribution in [0.3, 0.4) is 0 Å². The van der Waals surface area contributed by atoms with Crippen molar-refractivity contribution < 1.29 is 14.3 Å². The molecule has 0 bridgehead atoms. The molecule has 19 heavy (non-hydrogen) atoms. The fraction of sp³-hybridized carbons (Fsp3) is 0.500. The molecule has 1 unspecified atom stereocenters. The van der Waals surface area contributed by atoms with E-state index in [9.17, 15) is 9.59 Å². The smallest absolute Gasteiger partial charge is 0.320 e. The van der Waals surface area contributed by atoms with Crippen molar-refractivity contribution in [3.8, 4) is 0 Å². The maximum absolute atomic E-state index is 11.9. The molecular weight excluding hydrogens is 240 g/mol. The molecule has 3 nitrogen and oxygen atoms in total.